The van der Waals surface area contributed by atoms with Gasteiger partial charge in [-0.3, -0.25) is 0 Å². The lowest BCUT2D eigenvalue weighted by Gasteiger charge is -2.08. The van der Waals surface area contributed by atoms with Crippen LogP contribution in [0.15, 0.2) is 37.2 Å². The van der Waals surface area contributed by atoms with Crippen molar-refractivity contribution in [2.24, 2.45) is 0 Å². The Kier molecular flexibility index (Phi) is 4.13. The van der Waals surface area contributed by atoms with Crippen LogP contribution in [0, 0.1) is 13.8 Å². The van der Waals surface area contributed by atoms with Crippen LogP contribution < -0.4 is 5.32 Å². The Labute approximate surface area is 129 Å². The zero-order valence-electron chi connectivity index (χ0n) is 12.8. The highest BCUT2D eigenvalue weighted by molar-refractivity contribution is 5.40. The van der Waals surface area contributed by atoms with E-state index in [0.717, 1.165) is 42.5 Å². The minimum Gasteiger partial charge on any atom is -0.370 e. The lowest BCUT2D eigenvalue weighted by atomic mass is 10.4. The molecule has 0 aliphatic heterocycles. The van der Waals surface area contributed by atoms with Gasteiger partial charge in [-0.15, -0.1) is 0 Å². The van der Waals surface area contributed by atoms with Crippen molar-refractivity contribution in [2.75, 3.05) is 11.9 Å². The van der Waals surface area contributed by atoms with Gasteiger partial charge in [-0.1, -0.05) is 0 Å². The summed E-state index contributed by atoms with van der Waals surface area (Å²) in [5.74, 6) is 1.58. The maximum absolute atomic E-state index is 4.44. The molecule has 0 atom stereocenters. The molecule has 0 amide bonds. The molecule has 1 N–H and O–H groups in total. The predicted molar refractivity (Wildman–Crippen MR) is 84.0 cm³/mol. The molecular formula is C15H19N7. The Morgan fingerprint density at radius 2 is 2.09 bits per heavy atom. The molecular weight excluding hydrogens is 278 g/mol. The maximum atomic E-state index is 4.44. The van der Waals surface area contributed by atoms with Crippen molar-refractivity contribution in [2.45, 2.75) is 26.8 Å². The van der Waals surface area contributed by atoms with Crippen molar-refractivity contribution in [1.29, 1.82) is 0 Å². The van der Waals surface area contributed by atoms with Crippen LogP contribution in [-0.4, -0.2) is 35.8 Å². The van der Waals surface area contributed by atoms with Crippen LogP contribution in [0.1, 0.15) is 17.8 Å². The second-order valence-corrected chi connectivity index (χ2v) is 5.18. The number of anilines is 1. The summed E-state index contributed by atoms with van der Waals surface area (Å²) in [6.45, 7) is 5.76. The van der Waals surface area contributed by atoms with Crippen LogP contribution in [0.25, 0.3) is 5.82 Å². The van der Waals surface area contributed by atoms with Gasteiger partial charge in [0.1, 0.15) is 12.1 Å². The van der Waals surface area contributed by atoms with Gasteiger partial charge in [0.05, 0.1) is 12.0 Å². The summed E-state index contributed by atoms with van der Waals surface area (Å²) in [7, 11) is 0. The first kappa shape index (κ1) is 14.2. The standard InChI is InChI=1S/C15H19N7/c1-12-8-13(2)22(20-12)15-9-14(18-10-19-15)17-4-3-6-21-7-5-16-11-21/h5,7-11H,3-4,6H2,1-2H3,(H,17,18,19). The second kappa shape index (κ2) is 6.38. The molecule has 0 aliphatic rings. The Hall–Kier alpha value is -2.70. The third kappa shape index (κ3) is 3.30. The molecule has 0 aliphatic carbocycles. The molecule has 114 valence electrons. The first-order valence-corrected chi connectivity index (χ1v) is 7.28. The van der Waals surface area contributed by atoms with Crippen LogP contribution in [0.5, 0.6) is 0 Å². The number of hydrogen-bond acceptors (Lipinski definition) is 5. The zero-order chi connectivity index (χ0) is 15.4. The molecule has 0 aromatic carbocycles. The fourth-order valence-corrected chi connectivity index (χ4v) is 2.32. The Morgan fingerprint density at radius 3 is 2.82 bits per heavy atom. The van der Waals surface area contributed by atoms with E-state index in [1.54, 1.807) is 12.5 Å². The van der Waals surface area contributed by atoms with Crippen molar-refractivity contribution < 1.29 is 0 Å². The molecule has 3 aromatic heterocycles. The van der Waals surface area contributed by atoms with E-state index in [4.69, 9.17) is 0 Å². The van der Waals surface area contributed by atoms with Crippen molar-refractivity contribution in [3.8, 4) is 5.82 Å². The summed E-state index contributed by atoms with van der Waals surface area (Å²) in [4.78, 5) is 12.6. The van der Waals surface area contributed by atoms with E-state index in [-0.39, 0.29) is 0 Å². The molecule has 7 nitrogen and oxygen atoms in total. The van der Waals surface area contributed by atoms with Gasteiger partial charge in [0.2, 0.25) is 0 Å². The van der Waals surface area contributed by atoms with E-state index in [1.165, 1.54) is 0 Å². The largest absolute Gasteiger partial charge is 0.370 e. The Morgan fingerprint density at radius 1 is 1.18 bits per heavy atom. The smallest absolute Gasteiger partial charge is 0.159 e. The molecule has 0 unspecified atom stereocenters. The van der Waals surface area contributed by atoms with Crippen LogP contribution in [0.4, 0.5) is 5.82 Å². The molecule has 0 saturated carbocycles. The van der Waals surface area contributed by atoms with Crippen molar-refractivity contribution in [3.63, 3.8) is 0 Å². The van der Waals surface area contributed by atoms with E-state index in [2.05, 4.69) is 29.9 Å². The lowest BCUT2D eigenvalue weighted by molar-refractivity contribution is 0.660. The number of aromatic nitrogens is 6. The highest BCUT2D eigenvalue weighted by Crippen LogP contribution is 2.12. The number of nitrogens with zero attached hydrogens (tertiary/aromatic N) is 6. The molecule has 0 bridgehead atoms. The fourth-order valence-electron chi connectivity index (χ4n) is 2.32. The molecule has 3 aromatic rings. The highest BCUT2D eigenvalue weighted by Gasteiger charge is 2.06. The van der Waals surface area contributed by atoms with Gasteiger partial charge in [0.15, 0.2) is 5.82 Å². The van der Waals surface area contributed by atoms with E-state index in [1.807, 2.05) is 43.2 Å². The minimum absolute atomic E-state index is 0.776. The quantitative estimate of drug-likeness (QED) is 0.704. The van der Waals surface area contributed by atoms with Crippen molar-refractivity contribution in [1.82, 2.24) is 29.3 Å². The lowest BCUT2D eigenvalue weighted by Crippen LogP contribution is -2.09. The molecule has 3 heterocycles. The van der Waals surface area contributed by atoms with Crippen LogP contribution in [0.2, 0.25) is 0 Å². The number of rotatable bonds is 6. The third-order valence-corrected chi connectivity index (χ3v) is 3.34. The summed E-state index contributed by atoms with van der Waals surface area (Å²) in [6, 6.07) is 3.94. The maximum Gasteiger partial charge on any atom is 0.159 e. The van der Waals surface area contributed by atoms with E-state index in [0.29, 0.717) is 0 Å². The summed E-state index contributed by atoms with van der Waals surface area (Å²) in [5, 5.41) is 7.76. The third-order valence-electron chi connectivity index (χ3n) is 3.34. The van der Waals surface area contributed by atoms with Crippen molar-refractivity contribution in [3.05, 3.63) is 48.6 Å². The SMILES string of the molecule is Cc1cc(C)n(-c2cc(NCCCn3ccnc3)ncn2)n1. The summed E-state index contributed by atoms with van der Waals surface area (Å²) < 4.78 is 3.89. The van der Waals surface area contributed by atoms with Gasteiger partial charge < -0.3 is 9.88 Å². The molecule has 0 fully saturated rings. The van der Waals surface area contributed by atoms with E-state index in [9.17, 15) is 0 Å². The summed E-state index contributed by atoms with van der Waals surface area (Å²) >= 11 is 0. The molecule has 22 heavy (non-hydrogen) atoms. The Balaban J connectivity index is 1.60. The zero-order valence-corrected chi connectivity index (χ0v) is 12.8. The van der Waals surface area contributed by atoms with Gasteiger partial charge in [0, 0.05) is 37.2 Å². The molecule has 0 spiro atoms. The van der Waals surface area contributed by atoms with Gasteiger partial charge in [-0.2, -0.15) is 5.10 Å². The predicted octanol–water partition coefficient (Wildman–Crippen LogP) is 1.98. The minimum atomic E-state index is 0.776. The van der Waals surface area contributed by atoms with Gasteiger partial charge in [-0.25, -0.2) is 19.6 Å². The molecule has 0 saturated heterocycles. The second-order valence-electron chi connectivity index (χ2n) is 5.18. The average molecular weight is 297 g/mol. The summed E-state index contributed by atoms with van der Waals surface area (Å²) in [6.07, 6.45) is 8.13. The van der Waals surface area contributed by atoms with Gasteiger partial charge >= 0.3 is 0 Å². The van der Waals surface area contributed by atoms with Gasteiger partial charge in [0.25, 0.3) is 0 Å². The number of hydrogen-bond donors (Lipinski definition) is 1. The van der Waals surface area contributed by atoms with Gasteiger partial charge in [-0.05, 0) is 26.3 Å². The number of imidazole rings is 1. The van der Waals surface area contributed by atoms with Crippen molar-refractivity contribution >= 4 is 5.82 Å². The van der Waals surface area contributed by atoms with Crippen LogP contribution in [0.3, 0.4) is 0 Å². The normalized spacial score (nSPS) is 10.8. The molecule has 3 rings (SSSR count). The molecule has 0 radical (unpaired) electrons. The monoisotopic (exact) mass is 297 g/mol. The first-order valence-electron chi connectivity index (χ1n) is 7.28. The number of nitrogens with one attached hydrogen (secondary N) is 1. The first-order chi connectivity index (χ1) is 10.7. The van der Waals surface area contributed by atoms with Crippen LogP contribution >= 0.6 is 0 Å². The Bertz CT molecular complexity index is 730. The molecule has 7 heteroatoms. The summed E-state index contributed by atoms with van der Waals surface area (Å²) in [5.41, 5.74) is 2.04. The van der Waals surface area contributed by atoms with Crippen LogP contribution in [-0.2, 0) is 6.54 Å². The van der Waals surface area contributed by atoms with E-state index >= 15 is 0 Å². The topological polar surface area (TPSA) is 73.5 Å². The number of aryl methyl sites for hydroxylation is 3. The average Bonchev–Trinajstić information content (AvgIpc) is 3.13. The highest BCUT2D eigenvalue weighted by atomic mass is 15.3. The fraction of sp³-hybridized carbons (Fsp3) is 0.333. The van der Waals surface area contributed by atoms with E-state index < -0.39 is 0 Å².